The summed E-state index contributed by atoms with van der Waals surface area (Å²) in [4.78, 5) is 14.6. The van der Waals surface area contributed by atoms with Gasteiger partial charge in [-0.05, 0) is 54.8 Å². The molecule has 0 saturated carbocycles. The molecule has 0 fully saturated rings. The molecule has 0 aliphatic rings. The Labute approximate surface area is 273 Å². The van der Waals surface area contributed by atoms with Crippen LogP contribution in [-0.2, 0) is 21.1 Å². The summed E-state index contributed by atoms with van der Waals surface area (Å²) in [6, 6.07) is 31.9. The third-order valence-corrected chi connectivity index (χ3v) is 8.54. The third-order valence-electron chi connectivity index (χ3n) is 8.54. The Hall–Kier alpha value is -5.06. The van der Waals surface area contributed by atoms with Gasteiger partial charge in [0.15, 0.2) is 0 Å². The van der Waals surface area contributed by atoms with Gasteiger partial charge in [0, 0.05) is 47.4 Å². The number of hydrogen-bond acceptors (Lipinski definition) is 4. The van der Waals surface area contributed by atoms with E-state index < -0.39 is 0 Å². The van der Waals surface area contributed by atoms with Crippen LogP contribution in [0.2, 0.25) is 0 Å². The van der Waals surface area contributed by atoms with Crippen molar-refractivity contribution in [2.24, 2.45) is 0 Å². The van der Waals surface area contributed by atoms with Gasteiger partial charge in [-0.3, -0.25) is 9.97 Å². The first kappa shape index (κ1) is 27.5. The Balaban J connectivity index is 0.00000300. The molecule has 9 rings (SSSR count). The van der Waals surface area contributed by atoms with Gasteiger partial charge in [-0.2, -0.15) is 0 Å². The van der Waals surface area contributed by atoms with Crippen LogP contribution < -0.4 is 4.74 Å². The molecule has 0 spiro atoms. The van der Waals surface area contributed by atoms with Crippen LogP contribution in [-0.4, -0.2) is 23.8 Å². The van der Waals surface area contributed by atoms with E-state index in [2.05, 4.69) is 101 Å². The molecule has 0 bridgehead atoms. The van der Waals surface area contributed by atoms with Crippen molar-refractivity contribution in [1.82, 2.24) is 23.8 Å². The second-order valence-electron chi connectivity index (χ2n) is 11.4. The molecule has 0 aliphatic carbocycles. The second kappa shape index (κ2) is 10.3. The first-order chi connectivity index (χ1) is 21.5. The number of ether oxygens (including phenoxy) is 1. The van der Waals surface area contributed by atoms with Crippen LogP contribution >= 0.6 is 0 Å². The predicted octanol–water partition coefficient (Wildman–Crippen LogP) is 8.97. The van der Waals surface area contributed by atoms with E-state index >= 15 is 0 Å². The maximum Gasteiger partial charge on any atom is 2.00 e. The number of imidazole rings is 2. The van der Waals surface area contributed by atoms with Gasteiger partial charge in [-0.1, -0.05) is 87.8 Å². The van der Waals surface area contributed by atoms with Crippen LogP contribution in [0.25, 0.3) is 66.0 Å². The van der Waals surface area contributed by atoms with E-state index in [1.54, 1.807) is 0 Å². The maximum atomic E-state index is 6.44. The number of nitrogens with zero attached hydrogens (tertiary/aromatic N) is 5. The van der Waals surface area contributed by atoms with Gasteiger partial charge < -0.3 is 13.5 Å². The van der Waals surface area contributed by atoms with Crippen molar-refractivity contribution < 1.29 is 25.8 Å². The minimum Gasteiger partial charge on any atom is -0.497 e. The molecule has 0 N–H and O–H groups in total. The number of benzene rings is 4. The Bertz CT molecular complexity index is 2610. The number of aryl methyl sites for hydroxylation is 3. The van der Waals surface area contributed by atoms with Crippen molar-refractivity contribution in [3.63, 3.8) is 0 Å². The number of rotatable bonds is 3. The zero-order valence-electron chi connectivity index (χ0n) is 24.7. The Morgan fingerprint density at radius 2 is 1.31 bits per heavy atom. The molecule has 0 amide bonds. The van der Waals surface area contributed by atoms with Crippen LogP contribution in [0.4, 0.5) is 0 Å². The molecular weight excluding hydrogens is 738 g/mol. The summed E-state index contributed by atoms with van der Waals surface area (Å²) in [5.41, 5.74) is 9.31. The smallest absolute Gasteiger partial charge is 0.497 e. The van der Waals surface area contributed by atoms with E-state index in [-0.39, 0.29) is 21.1 Å². The van der Waals surface area contributed by atoms with E-state index in [1.807, 2.05) is 42.9 Å². The Kier molecular flexibility index (Phi) is 6.26. The van der Waals surface area contributed by atoms with Crippen molar-refractivity contribution in [3.8, 4) is 22.8 Å². The summed E-state index contributed by atoms with van der Waals surface area (Å²) in [6.07, 6.45) is 7.72. The van der Waals surface area contributed by atoms with Gasteiger partial charge in [0.2, 0.25) is 0 Å². The van der Waals surface area contributed by atoms with Crippen LogP contribution in [0, 0.1) is 32.9 Å². The molecule has 0 saturated heterocycles. The molecule has 5 heterocycles. The minimum absolute atomic E-state index is 0. The van der Waals surface area contributed by atoms with Gasteiger partial charge in [0.25, 0.3) is 0 Å². The van der Waals surface area contributed by atoms with Gasteiger partial charge in [0.05, 0.1) is 17.0 Å². The van der Waals surface area contributed by atoms with Crippen molar-refractivity contribution in [2.45, 2.75) is 20.8 Å². The van der Waals surface area contributed by atoms with Crippen molar-refractivity contribution in [3.05, 3.63) is 126 Å². The zero-order chi connectivity index (χ0) is 29.5. The monoisotopic (exact) mass is 762 g/mol. The number of hydrogen-bond donors (Lipinski definition) is 0. The van der Waals surface area contributed by atoms with E-state index in [0.717, 1.165) is 66.0 Å². The SMILES string of the molecule is Cc1cc(C)c(-c2cn3c(n2)c2[c-]c(Oc4[c-]c5c(cc4)c4ccccc4n4ccnc54)ccc2c2cccnc23)c(C)c1.[Pt+2]. The molecule has 7 heteroatoms. The van der Waals surface area contributed by atoms with Crippen molar-refractivity contribution in [2.75, 3.05) is 0 Å². The molecule has 6 nitrogen and oxygen atoms in total. The molecule has 0 unspecified atom stereocenters. The molecule has 0 atom stereocenters. The zero-order valence-corrected chi connectivity index (χ0v) is 27.0. The molecule has 4 aromatic carbocycles. The number of fused-ring (bicyclic) bond motifs is 12. The number of para-hydroxylation sites is 1. The number of aromatic nitrogens is 5. The summed E-state index contributed by atoms with van der Waals surface area (Å²) in [5, 5.41) is 6.07. The molecule has 5 aromatic heterocycles. The normalized spacial score (nSPS) is 11.7. The Morgan fingerprint density at radius 1 is 0.644 bits per heavy atom. The first-order valence-corrected chi connectivity index (χ1v) is 14.6. The fourth-order valence-electron chi connectivity index (χ4n) is 6.80. The van der Waals surface area contributed by atoms with Gasteiger partial charge in [0.1, 0.15) is 5.65 Å². The largest absolute Gasteiger partial charge is 2.00 e. The van der Waals surface area contributed by atoms with E-state index in [1.165, 1.54) is 16.7 Å². The van der Waals surface area contributed by atoms with Crippen LogP contribution in [0.3, 0.4) is 0 Å². The van der Waals surface area contributed by atoms with Gasteiger partial charge in [-0.15, -0.1) is 12.1 Å². The average Bonchev–Trinajstić information content (AvgIpc) is 3.70. The summed E-state index contributed by atoms with van der Waals surface area (Å²) in [5.74, 6) is 1.19. The van der Waals surface area contributed by atoms with Crippen molar-refractivity contribution >= 4 is 54.8 Å². The third kappa shape index (κ3) is 4.17. The summed E-state index contributed by atoms with van der Waals surface area (Å²) in [6.45, 7) is 6.42. The van der Waals surface area contributed by atoms with Gasteiger partial charge in [-0.25, -0.2) is 4.98 Å². The molecule has 218 valence electrons. The molecule has 0 aliphatic heterocycles. The first-order valence-electron chi connectivity index (χ1n) is 14.6. The van der Waals surface area contributed by atoms with Crippen LogP contribution in [0.1, 0.15) is 16.7 Å². The van der Waals surface area contributed by atoms with Crippen LogP contribution in [0.15, 0.2) is 97.6 Å². The summed E-state index contributed by atoms with van der Waals surface area (Å²) < 4.78 is 10.6. The summed E-state index contributed by atoms with van der Waals surface area (Å²) >= 11 is 0. The van der Waals surface area contributed by atoms with Crippen molar-refractivity contribution in [1.29, 1.82) is 0 Å². The predicted molar refractivity (Wildman–Crippen MR) is 176 cm³/mol. The fourth-order valence-corrected chi connectivity index (χ4v) is 6.80. The quantitative estimate of drug-likeness (QED) is 0.133. The molecule has 0 radical (unpaired) electrons. The number of pyridine rings is 3. The van der Waals surface area contributed by atoms with E-state index in [9.17, 15) is 0 Å². The van der Waals surface area contributed by atoms with Crippen LogP contribution in [0.5, 0.6) is 11.5 Å². The standard InChI is InChI=1S/C38H25N5O.Pt/c1-22-17-23(2)35(24(3)18-22)33-21-43-36-30(8-6-14-39-36)28-13-11-26(20-32(28)38(43)41-33)44-25-10-12-27-29-7-4-5-9-34(29)42-16-15-40-37(42)31(27)19-25;/h4-18,21H,1-3H3;/q-2;+2. The fraction of sp³-hybridized carbons (Fsp3) is 0.0789. The maximum absolute atomic E-state index is 6.44. The van der Waals surface area contributed by atoms with E-state index in [0.29, 0.717) is 11.5 Å². The Morgan fingerprint density at radius 3 is 2.09 bits per heavy atom. The molecular formula is C38H25N5OPt. The molecule has 9 aromatic rings. The second-order valence-corrected chi connectivity index (χ2v) is 11.4. The minimum atomic E-state index is 0. The summed E-state index contributed by atoms with van der Waals surface area (Å²) in [7, 11) is 0. The van der Waals surface area contributed by atoms with E-state index in [4.69, 9.17) is 14.7 Å². The average molecular weight is 763 g/mol. The molecule has 45 heavy (non-hydrogen) atoms. The van der Waals surface area contributed by atoms with Gasteiger partial charge >= 0.3 is 21.1 Å². The topological polar surface area (TPSA) is 56.7 Å².